The van der Waals surface area contributed by atoms with Crippen LogP contribution in [-0.2, 0) is 6.42 Å². The van der Waals surface area contributed by atoms with Gasteiger partial charge in [0.25, 0.3) is 0 Å². The van der Waals surface area contributed by atoms with Crippen molar-refractivity contribution in [1.29, 1.82) is 0 Å². The fourth-order valence-corrected chi connectivity index (χ4v) is 1.73. The molecule has 0 bridgehead atoms. The van der Waals surface area contributed by atoms with E-state index in [0.29, 0.717) is 6.04 Å². The molecule has 0 spiro atoms. The highest BCUT2D eigenvalue weighted by molar-refractivity contribution is 5.15. The first-order chi connectivity index (χ1) is 6.84. The summed E-state index contributed by atoms with van der Waals surface area (Å²) in [6, 6.07) is 11.3. The second-order valence-corrected chi connectivity index (χ2v) is 4.44. The molecule has 0 saturated heterocycles. The maximum atomic E-state index is 3.59. The Morgan fingerprint density at radius 2 is 2.00 bits per heavy atom. The van der Waals surface area contributed by atoms with Gasteiger partial charge in [0.1, 0.15) is 0 Å². The molecule has 1 aliphatic rings. The van der Waals surface area contributed by atoms with Gasteiger partial charge in [0.2, 0.25) is 0 Å². The summed E-state index contributed by atoms with van der Waals surface area (Å²) in [4.78, 5) is 0. The summed E-state index contributed by atoms with van der Waals surface area (Å²) in [5, 5.41) is 3.59. The Bertz CT molecular complexity index is 264. The zero-order chi connectivity index (χ0) is 9.80. The first-order valence-electron chi connectivity index (χ1n) is 5.62. The SMILES string of the molecule is C[C@H](Cc1ccccc1)NCC1CC1. The molecule has 0 radical (unpaired) electrons. The third kappa shape index (κ3) is 3.15. The van der Waals surface area contributed by atoms with E-state index < -0.39 is 0 Å². The average Bonchev–Trinajstić information content (AvgIpc) is 3.00. The van der Waals surface area contributed by atoms with Crippen LogP contribution in [0.3, 0.4) is 0 Å². The van der Waals surface area contributed by atoms with Crippen LogP contribution in [0.4, 0.5) is 0 Å². The summed E-state index contributed by atoms with van der Waals surface area (Å²) < 4.78 is 0. The number of rotatable bonds is 5. The van der Waals surface area contributed by atoms with E-state index in [1.54, 1.807) is 0 Å². The summed E-state index contributed by atoms with van der Waals surface area (Å²) in [5.74, 6) is 0.980. The van der Waals surface area contributed by atoms with Gasteiger partial charge in [-0.05, 0) is 44.2 Å². The molecule has 0 amide bonds. The van der Waals surface area contributed by atoms with Crippen LogP contribution in [0.15, 0.2) is 30.3 Å². The van der Waals surface area contributed by atoms with Crippen molar-refractivity contribution in [3.8, 4) is 0 Å². The lowest BCUT2D eigenvalue weighted by Gasteiger charge is -2.13. The Labute approximate surface area is 86.5 Å². The predicted octanol–water partition coefficient (Wildman–Crippen LogP) is 2.62. The highest BCUT2D eigenvalue weighted by Crippen LogP contribution is 2.27. The summed E-state index contributed by atoms with van der Waals surface area (Å²) in [7, 11) is 0. The minimum atomic E-state index is 0.609. The van der Waals surface area contributed by atoms with Crippen molar-refractivity contribution in [2.75, 3.05) is 6.54 Å². The van der Waals surface area contributed by atoms with Crippen LogP contribution in [0.5, 0.6) is 0 Å². The fourth-order valence-electron chi connectivity index (χ4n) is 1.73. The van der Waals surface area contributed by atoms with E-state index in [1.165, 1.54) is 24.9 Å². The van der Waals surface area contributed by atoms with Crippen molar-refractivity contribution in [2.24, 2.45) is 5.92 Å². The second-order valence-electron chi connectivity index (χ2n) is 4.44. The van der Waals surface area contributed by atoms with Crippen molar-refractivity contribution in [1.82, 2.24) is 5.32 Å². The molecule has 76 valence electrons. The zero-order valence-corrected chi connectivity index (χ0v) is 8.87. The third-order valence-corrected chi connectivity index (χ3v) is 2.84. The normalized spacial score (nSPS) is 18.1. The Morgan fingerprint density at radius 1 is 1.29 bits per heavy atom. The molecule has 2 rings (SSSR count). The van der Waals surface area contributed by atoms with E-state index in [9.17, 15) is 0 Å². The van der Waals surface area contributed by atoms with E-state index in [1.807, 2.05) is 0 Å². The van der Waals surface area contributed by atoms with Gasteiger partial charge in [-0.3, -0.25) is 0 Å². The van der Waals surface area contributed by atoms with Crippen LogP contribution in [-0.4, -0.2) is 12.6 Å². The number of benzene rings is 1. The van der Waals surface area contributed by atoms with Gasteiger partial charge in [-0.1, -0.05) is 30.3 Å². The van der Waals surface area contributed by atoms with Crippen molar-refractivity contribution in [2.45, 2.75) is 32.2 Å². The lowest BCUT2D eigenvalue weighted by molar-refractivity contribution is 0.526. The zero-order valence-electron chi connectivity index (χ0n) is 8.87. The Kier molecular flexibility index (Phi) is 3.20. The van der Waals surface area contributed by atoms with E-state index in [4.69, 9.17) is 0 Å². The second kappa shape index (κ2) is 4.61. The first kappa shape index (κ1) is 9.72. The standard InChI is InChI=1S/C13H19N/c1-11(14-10-13-7-8-13)9-12-5-3-2-4-6-12/h2-6,11,13-14H,7-10H2,1H3/t11-/m1/s1. The van der Waals surface area contributed by atoms with E-state index in [0.717, 1.165) is 12.3 Å². The molecule has 1 aromatic carbocycles. The quantitative estimate of drug-likeness (QED) is 0.750. The van der Waals surface area contributed by atoms with Crippen LogP contribution >= 0.6 is 0 Å². The van der Waals surface area contributed by atoms with E-state index >= 15 is 0 Å². The van der Waals surface area contributed by atoms with Crippen LogP contribution < -0.4 is 5.32 Å². The van der Waals surface area contributed by atoms with Gasteiger partial charge in [0, 0.05) is 6.04 Å². The van der Waals surface area contributed by atoms with Crippen LogP contribution in [0, 0.1) is 5.92 Å². The molecular weight excluding hydrogens is 170 g/mol. The number of hydrogen-bond acceptors (Lipinski definition) is 1. The van der Waals surface area contributed by atoms with Gasteiger partial charge in [0.15, 0.2) is 0 Å². The predicted molar refractivity (Wildman–Crippen MR) is 60.3 cm³/mol. The number of nitrogens with one attached hydrogen (secondary N) is 1. The monoisotopic (exact) mass is 189 g/mol. The molecule has 1 aliphatic carbocycles. The largest absolute Gasteiger partial charge is 0.314 e. The van der Waals surface area contributed by atoms with Gasteiger partial charge in [-0.15, -0.1) is 0 Å². The maximum absolute atomic E-state index is 3.59. The van der Waals surface area contributed by atoms with Crippen molar-refractivity contribution >= 4 is 0 Å². The third-order valence-electron chi connectivity index (χ3n) is 2.84. The molecule has 0 heterocycles. The Hall–Kier alpha value is -0.820. The molecule has 0 aromatic heterocycles. The lowest BCUT2D eigenvalue weighted by Crippen LogP contribution is -2.29. The maximum Gasteiger partial charge on any atom is 0.00792 e. The summed E-state index contributed by atoms with van der Waals surface area (Å²) in [5.41, 5.74) is 1.43. The fraction of sp³-hybridized carbons (Fsp3) is 0.538. The molecular formula is C13H19N. The smallest absolute Gasteiger partial charge is 0.00792 e. The average molecular weight is 189 g/mol. The van der Waals surface area contributed by atoms with Gasteiger partial charge < -0.3 is 5.32 Å². The Balaban J connectivity index is 1.73. The van der Waals surface area contributed by atoms with Crippen LogP contribution in [0.1, 0.15) is 25.3 Å². The van der Waals surface area contributed by atoms with E-state index in [2.05, 4.69) is 42.6 Å². The topological polar surface area (TPSA) is 12.0 Å². The molecule has 0 unspecified atom stereocenters. The van der Waals surface area contributed by atoms with Gasteiger partial charge in [-0.2, -0.15) is 0 Å². The molecule has 14 heavy (non-hydrogen) atoms. The van der Waals surface area contributed by atoms with Gasteiger partial charge >= 0.3 is 0 Å². The molecule has 1 nitrogen and oxygen atoms in total. The molecule has 0 aliphatic heterocycles. The minimum absolute atomic E-state index is 0.609. The Morgan fingerprint density at radius 3 is 2.64 bits per heavy atom. The van der Waals surface area contributed by atoms with Gasteiger partial charge in [0.05, 0.1) is 0 Å². The molecule has 1 saturated carbocycles. The minimum Gasteiger partial charge on any atom is -0.314 e. The lowest BCUT2D eigenvalue weighted by atomic mass is 10.1. The highest BCUT2D eigenvalue weighted by Gasteiger charge is 2.21. The van der Waals surface area contributed by atoms with Crippen LogP contribution in [0.25, 0.3) is 0 Å². The summed E-state index contributed by atoms with van der Waals surface area (Å²) >= 11 is 0. The van der Waals surface area contributed by atoms with E-state index in [-0.39, 0.29) is 0 Å². The summed E-state index contributed by atoms with van der Waals surface area (Å²) in [6.07, 6.45) is 4.02. The molecule has 1 atom stereocenters. The van der Waals surface area contributed by atoms with Gasteiger partial charge in [-0.25, -0.2) is 0 Å². The highest BCUT2D eigenvalue weighted by atomic mass is 14.9. The summed E-state index contributed by atoms with van der Waals surface area (Å²) in [6.45, 7) is 3.49. The first-order valence-corrected chi connectivity index (χ1v) is 5.62. The van der Waals surface area contributed by atoms with Crippen molar-refractivity contribution in [3.63, 3.8) is 0 Å². The number of hydrogen-bond donors (Lipinski definition) is 1. The van der Waals surface area contributed by atoms with Crippen molar-refractivity contribution in [3.05, 3.63) is 35.9 Å². The molecule has 1 fully saturated rings. The van der Waals surface area contributed by atoms with Crippen molar-refractivity contribution < 1.29 is 0 Å². The molecule has 1 N–H and O–H groups in total. The van der Waals surface area contributed by atoms with Crippen LogP contribution in [0.2, 0.25) is 0 Å². The molecule has 1 heteroatoms. The molecule has 1 aromatic rings.